The van der Waals surface area contributed by atoms with Gasteiger partial charge < -0.3 is 0 Å². The number of thiazole rings is 1. The van der Waals surface area contributed by atoms with Gasteiger partial charge in [0.1, 0.15) is 10.6 Å². The molecular weight excluding hydrogens is 313 g/mol. The lowest BCUT2D eigenvalue weighted by atomic mass is 10.1. The predicted octanol–water partition coefficient (Wildman–Crippen LogP) is 4.34. The highest BCUT2D eigenvalue weighted by Crippen LogP contribution is 2.32. The summed E-state index contributed by atoms with van der Waals surface area (Å²) in [6, 6.07) is 14.7. The summed E-state index contributed by atoms with van der Waals surface area (Å²) in [5.74, 6) is -0.631. The SMILES string of the molecule is O=Cc1cc(C(=O)c2ccc(F)cc2)n2c1sc1ccccc12. The zero-order valence-corrected chi connectivity index (χ0v) is 12.6. The topological polar surface area (TPSA) is 38.5 Å². The molecule has 0 N–H and O–H groups in total. The third-order valence-corrected chi connectivity index (χ3v) is 4.94. The number of benzene rings is 2. The number of aromatic nitrogens is 1. The Morgan fingerprint density at radius 2 is 1.83 bits per heavy atom. The molecule has 0 bridgehead atoms. The number of fused-ring (bicyclic) bond motifs is 3. The van der Waals surface area contributed by atoms with Gasteiger partial charge in [0.05, 0.1) is 21.5 Å². The molecule has 0 aliphatic carbocycles. The van der Waals surface area contributed by atoms with Crippen molar-refractivity contribution in [1.29, 1.82) is 0 Å². The minimum atomic E-state index is -0.392. The first-order chi connectivity index (χ1) is 11.2. The van der Waals surface area contributed by atoms with Gasteiger partial charge in [-0.25, -0.2) is 4.39 Å². The monoisotopic (exact) mass is 323 g/mol. The molecular formula is C18H10FNO2S. The van der Waals surface area contributed by atoms with E-state index in [-0.39, 0.29) is 5.78 Å². The first-order valence-corrected chi connectivity index (χ1v) is 7.79. The molecule has 0 atom stereocenters. The van der Waals surface area contributed by atoms with Gasteiger partial charge in [-0.15, -0.1) is 11.3 Å². The van der Waals surface area contributed by atoms with Crippen LogP contribution in [0.3, 0.4) is 0 Å². The van der Waals surface area contributed by atoms with Crippen molar-refractivity contribution in [2.75, 3.05) is 0 Å². The summed E-state index contributed by atoms with van der Waals surface area (Å²) in [5, 5.41) is 0. The summed E-state index contributed by atoms with van der Waals surface area (Å²) in [7, 11) is 0. The largest absolute Gasteiger partial charge is 0.298 e. The maximum Gasteiger partial charge on any atom is 0.209 e. The molecule has 0 spiro atoms. The number of aldehydes is 1. The van der Waals surface area contributed by atoms with Crippen LogP contribution >= 0.6 is 11.3 Å². The summed E-state index contributed by atoms with van der Waals surface area (Å²) in [5.41, 5.74) is 2.16. The van der Waals surface area contributed by atoms with Crippen LogP contribution in [0, 0.1) is 5.82 Å². The summed E-state index contributed by atoms with van der Waals surface area (Å²) in [6.07, 6.45) is 0.756. The zero-order valence-electron chi connectivity index (χ0n) is 11.8. The molecule has 4 rings (SSSR count). The number of carbonyl (C=O) groups excluding carboxylic acids is 2. The van der Waals surface area contributed by atoms with E-state index in [4.69, 9.17) is 0 Å². The number of hydrogen-bond acceptors (Lipinski definition) is 3. The number of para-hydroxylation sites is 1. The molecule has 0 aliphatic heterocycles. The number of carbonyl (C=O) groups is 2. The van der Waals surface area contributed by atoms with Crippen LogP contribution in [-0.4, -0.2) is 16.5 Å². The molecule has 0 radical (unpaired) electrons. The van der Waals surface area contributed by atoms with E-state index < -0.39 is 5.82 Å². The first-order valence-electron chi connectivity index (χ1n) is 6.97. The van der Waals surface area contributed by atoms with Gasteiger partial charge in [-0.1, -0.05) is 12.1 Å². The lowest BCUT2D eigenvalue weighted by Gasteiger charge is -2.01. The molecule has 5 heteroatoms. The van der Waals surface area contributed by atoms with Gasteiger partial charge in [0.2, 0.25) is 5.78 Å². The van der Waals surface area contributed by atoms with Crippen molar-refractivity contribution in [3.63, 3.8) is 0 Å². The number of hydrogen-bond donors (Lipinski definition) is 0. The second-order valence-corrected chi connectivity index (χ2v) is 6.18. The van der Waals surface area contributed by atoms with E-state index in [2.05, 4.69) is 0 Å². The molecule has 4 aromatic rings. The molecule has 0 unspecified atom stereocenters. The van der Waals surface area contributed by atoms with Crippen molar-refractivity contribution in [2.24, 2.45) is 0 Å². The average Bonchev–Trinajstić information content (AvgIpc) is 3.11. The fourth-order valence-electron chi connectivity index (χ4n) is 2.69. The van der Waals surface area contributed by atoms with Crippen LogP contribution in [0.4, 0.5) is 4.39 Å². The van der Waals surface area contributed by atoms with E-state index in [9.17, 15) is 14.0 Å². The quantitative estimate of drug-likeness (QED) is 0.415. The lowest BCUT2D eigenvalue weighted by molar-refractivity contribution is 0.103. The van der Waals surface area contributed by atoms with Crippen molar-refractivity contribution in [1.82, 2.24) is 4.40 Å². The normalized spacial score (nSPS) is 11.2. The van der Waals surface area contributed by atoms with Crippen molar-refractivity contribution in [2.45, 2.75) is 0 Å². The highest BCUT2D eigenvalue weighted by atomic mass is 32.1. The maximum absolute atomic E-state index is 13.1. The third kappa shape index (κ3) is 2.09. The minimum absolute atomic E-state index is 0.239. The Morgan fingerprint density at radius 1 is 1.09 bits per heavy atom. The van der Waals surface area contributed by atoms with Gasteiger partial charge in [0.15, 0.2) is 6.29 Å². The van der Waals surface area contributed by atoms with E-state index in [1.165, 1.54) is 35.6 Å². The van der Waals surface area contributed by atoms with E-state index >= 15 is 0 Å². The lowest BCUT2D eigenvalue weighted by Crippen LogP contribution is -2.04. The zero-order chi connectivity index (χ0) is 16.0. The van der Waals surface area contributed by atoms with Gasteiger partial charge in [-0.05, 0) is 42.5 Å². The molecule has 2 aromatic heterocycles. The van der Waals surface area contributed by atoms with Gasteiger partial charge in [-0.3, -0.25) is 14.0 Å². The standard InChI is InChI=1S/C18H10FNO2S/c19-13-7-5-11(6-8-13)17(22)15-9-12(10-21)18-20(15)14-3-1-2-4-16(14)23-18/h1-10H. The van der Waals surface area contributed by atoms with E-state index in [1.54, 1.807) is 10.5 Å². The third-order valence-electron chi connectivity index (χ3n) is 3.76. The Labute approximate surface area is 134 Å². The summed E-state index contributed by atoms with van der Waals surface area (Å²) in [6.45, 7) is 0. The van der Waals surface area contributed by atoms with E-state index in [0.717, 1.165) is 21.3 Å². The Bertz CT molecular complexity index is 1060. The first kappa shape index (κ1) is 13.8. The maximum atomic E-state index is 13.1. The Kier molecular flexibility index (Phi) is 3.09. The molecule has 2 heterocycles. The summed E-state index contributed by atoms with van der Waals surface area (Å²) in [4.78, 5) is 24.9. The van der Waals surface area contributed by atoms with Gasteiger partial charge in [0, 0.05) is 5.56 Å². The molecule has 2 aromatic carbocycles. The average molecular weight is 323 g/mol. The molecule has 3 nitrogen and oxygen atoms in total. The number of nitrogens with zero attached hydrogens (tertiary/aromatic N) is 1. The Morgan fingerprint density at radius 3 is 2.57 bits per heavy atom. The van der Waals surface area contributed by atoms with Gasteiger partial charge in [-0.2, -0.15) is 0 Å². The second kappa shape index (κ2) is 5.14. The highest BCUT2D eigenvalue weighted by molar-refractivity contribution is 7.24. The highest BCUT2D eigenvalue weighted by Gasteiger charge is 2.20. The smallest absolute Gasteiger partial charge is 0.209 e. The van der Waals surface area contributed by atoms with E-state index in [1.807, 2.05) is 24.3 Å². The number of ketones is 1. The summed E-state index contributed by atoms with van der Waals surface area (Å²) < 4.78 is 15.9. The Balaban J connectivity index is 2.00. The van der Waals surface area contributed by atoms with Crippen LogP contribution in [0.1, 0.15) is 26.4 Å². The van der Waals surface area contributed by atoms with Crippen LogP contribution in [0.25, 0.3) is 15.0 Å². The van der Waals surface area contributed by atoms with Crippen molar-refractivity contribution in [3.8, 4) is 0 Å². The van der Waals surface area contributed by atoms with Crippen molar-refractivity contribution in [3.05, 3.63) is 77.2 Å². The second-order valence-electron chi connectivity index (χ2n) is 5.15. The van der Waals surface area contributed by atoms with E-state index in [0.29, 0.717) is 16.8 Å². The molecule has 0 aliphatic rings. The number of halogens is 1. The van der Waals surface area contributed by atoms with Crippen molar-refractivity contribution >= 4 is 38.5 Å². The minimum Gasteiger partial charge on any atom is -0.298 e. The van der Waals surface area contributed by atoms with Gasteiger partial charge in [0.25, 0.3) is 0 Å². The van der Waals surface area contributed by atoms with Crippen molar-refractivity contribution < 1.29 is 14.0 Å². The molecule has 0 fully saturated rings. The Hall–Kier alpha value is -2.79. The van der Waals surface area contributed by atoms with Crippen LogP contribution in [0.15, 0.2) is 54.6 Å². The van der Waals surface area contributed by atoms with Crippen LogP contribution in [-0.2, 0) is 0 Å². The van der Waals surface area contributed by atoms with Crippen LogP contribution in [0.2, 0.25) is 0 Å². The van der Waals surface area contributed by atoms with Crippen LogP contribution < -0.4 is 0 Å². The summed E-state index contributed by atoms with van der Waals surface area (Å²) >= 11 is 1.47. The molecule has 0 saturated heterocycles. The number of rotatable bonds is 3. The van der Waals surface area contributed by atoms with Gasteiger partial charge >= 0.3 is 0 Å². The molecule has 112 valence electrons. The fourth-order valence-corrected chi connectivity index (χ4v) is 3.82. The predicted molar refractivity (Wildman–Crippen MR) is 88.0 cm³/mol. The molecule has 23 heavy (non-hydrogen) atoms. The van der Waals surface area contributed by atoms with Crippen LogP contribution in [0.5, 0.6) is 0 Å². The molecule has 0 amide bonds. The fraction of sp³-hybridized carbons (Fsp3) is 0. The molecule has 0 saturated carbocycles.